The maximum atomic E-state index is 12.6. The molecule has 0 unspecified atom stereocenters. The number of piperazine rings is 1. The Bertz CT molecular complexity index is 967. The number of carbonyl (C=O) groups excluding carboxylic acids is 1. The predicted octanol–water partition coefficient (Wildman–Crippen LogP) is 4.34. The van der Waals surface area contributed by atoms with Gasteiger partial charge < -0.3 is 9.80 Å². The van der Waals surface area contributed by atoms with E-state index < -0.39 is 0 Å². The predicted molar refractivity (Wildman–Crippen MR) is 116 cm³/mol. The summed E-state index contributed by atoms with van der Waals surface area (Å²) in [7, 11) is 0. The molecule has 1 aromatic heterocycles. The second-order valence-corrected chi connectivity index (χ2v) is 7.83. The fraction of sp³-hybridized carbons (Fsp3) is 0.227. The number of hydrogen-bond acceptors (Lipinski definition) is 4. The van der Waals surface area contributed by atoms with E-state index in [1.165, 1.54) is 0 Å². The van der Waals surface area contributed by atoms with Crippen molar-refractivity contribution in [1.82, 2.24) is 15.1 Å². The molecule has 1 amide bonds. The number of nitrogens with zero attached hydrogens (tertiary/aromatic N) is 4. The van der Waals surface area contributed by atoms with Gasteiger partial charge in [0.2, 0.25) is 5.91 Å². The van der Waals surface area contributed by atoms with Crippen LogP contribution in [0.15, 0.2) is 60.7 Å². The minimum absolute atomic E-state index is 0.135. The smallest absolute Gasteiger partial charge is 0.227 e. The first-order valence-electron chi connectivity index (χ1n) is 9.45. The summed E-state index contributed by atoms with van der Waals surface area (Å²) >= 11 is 11.8. The van der Waals surface area contributed by atoms with E-state index in [9.17, 15) is 4.79 Å². The third-order valence-corrected chi connectivity index (χ3v) is 5.52. The van der Waals surface area contributed by atoms with Gasteiger partial charge in [-0.25, -0.2) is 0 Å². The first-order chi connectivity index (χ1) is 14.1. The molecule has 5 nitrogen and oxygen atoms in total. The average molecular weight is 427 g/mol. The maximum Gasteiger partial charge on any atom is 0.227 e. The highest BCUT2D eigenvalue weighted by atomic mass is 35.5. The third kappa shape index (κ3) is 4.86. The monoisotopic (exact) mass is 426 g/mol. The van der Waals surface area contributed by atoms with Crippen molar-refractivity contribution in [3.8, 4) is 11.3 Å². The molecule has 2 heterocycles. The Hall–Kier alpha value is -2.63. The lowest BCUT2D eigenvalue weighted by Gasteiger charge is -2.35. The zero-order valence-corrected chi connectivity index (χ0v) is 17.3. The average Bonchev–Trinajstić information content (AvgIpc) is 2.76. The third-order valence-electron chi connectivity index (χ3n) is 5.02. The van der Waals surface area contributed by atoms with Gasteiger partial charge in [-0.3, -0.25) is 4.79 Å². The van der Waals surface area contributed by atoms with Crippen molar-refractivity contribution < 1.29 is 4.79 Å². The summed E-state index contributed by atoms with van der Waals surface area (Å²) in [5, 5.41) is 10.1. The van der Waals surface area contributed by atoms with Gasteiger partial charge in [0.15, 0.2) is 5.82 Å². The van der Waals surface area contributed by atoms with Gasteiger partial charge in [0, 0.05) is 41.8 Å². The molecular weight excluding hydrogens is 407 g/mol. The summed E-state index contributed by atoms with van der Waals surface area (Å²) in [4.78, 5) is 16.6. The molecule has 1 aliphatic rings. The van der Waals surface area contributed by atoms with Crippen LogP contribution in [0.5, 0.6) is 0 Å². The van der Waals surface area contributed by atoms with Crippen LogP contribution in [0.25, 0.3) is 11.3 Å². The molecule has 0 radical (unpaired) electrons. The fourth-order valence-corrected chi connectivity index (χ4v) is 3.59. The lowest BCUT2D eigenvalue weighted by atomic mass is 10.1. The van der Waals surface area contributed by atoms with Gasteiger partial charge in [0.1, 0.15) is 0 Å². The molecule has 1 saturated heterocycles. The van der Waals surface area contributed by atoms with Gasteiger partial charge in [-0.1, -0.05) is 47.5 Å². The molecule has 0 bridgehead atoms. The molecule has 0 N–H and O–H groups in total. The number of amides is 1. The summed E-state index contributed by atoms with van der Waals surface area (Å²) in [6.45, 7) is 2.82. The molecule has 3 aromatic rings. The van der Waals surface area contributed by atoms with E-state index in [2.05, 4.69) is 15.1 Å². The number of anilines is 1. The van der Waals surface area contributed by atoms with Crippen molar-refractivity contribution in [2.75, 3.05) is 31.1 Å². The Kier molecular flexibility index (Phi) is 5.97. The summed E-state index contributed by atoms with van der Waals surface area (Å²) in [6, 6.07) is 18.9. The fourth-order valence-electron chi connectivity index (χ4n) is 3.34. The molecule has 7 heteroatoms. The lowest BCUT2D eigenvalue weighted by Crippen LogP contribution is -2.49. The van der Waals surface area contributed by atoms with E-state index in [4.69, 9.17) is 23.2 Å². The number of hydrogen-bond donors (Lipinski definition) is 0. The first-order valence-corrected chi connectivity index (χ1v) is 10.2. The largest absolute Gasteiger partial charge is 0.352 e. The van der Waals surface area contributed by atoms with Crippen molar-refractivity contribution in [1.29, 1.82) is 0 Å². The standard InChI is InChI=1S/C22H20Cl2N4O/c23-18-5-1-16(2-6-18)15-22(29)28-13-11-27(12-14-28)21-10-9-20(25-26-21)17-3-7-19(24)8-4-17/h1-10H,11-15H2. The topological polar surface area (TPSA) is 49.3 Å². The second kappa shape index (κ2) is 8.80. The van der Waals surface area contributed by atoms with Gasteiger partial charge in [-0.15, -0.1) is 10.2 Å². The van der Waals surface area contributed by atoms with Crippen LogP contribution >= 0.6 is 23.2 Å². The maximum absolute atomic E-state index is 12.6. The van der Waals surface area contributed by atoms with Gasteiger partial charge in [0.25, 0.3) is 0 Å². The van der Waals surface area contributed by atoms with E-state index in [1.807, 2.05) is 65.6 Å². The van der Waals surface area contributed by atoms with E-state index in [0.29, 0.717) is 29.6 Å². The van der Waals surface area contributed by atoms with Crippen molar-refractivity contribution in [2.45, 2.75) is 6.42 Å². The molecule has 0 spiro atoms. The van der Waals surface area contributed by atoms with Crippen LogP contribution in [0, 0.1) is 0 Å². The van der Waals surface area contributed by atoms with Crippen molar-refractivity contribution in [2.24, 2.45) is 0 Å². The molecule has 1 fully saturated rings. The van der Waals surface area contributed by atoms with E-state index in [-0.39, 0.29) is 5.91 Å². The highest BCUT2D eigenvalue weighted by Crippen LogP contribution is 2.21. The number of rotatable bonds is 4. The van der Waals surface area contributed by atoms with Gasteiger partial charge >= 0.3 is 0 Å². The lowest BCUT2D eigenvalue weighted by molar-refractivity contribution is -0.130. The molecule has 4 rings (SSSR count). The summed E-state index contributed by atoms with van der Waals surface area (Å²) in [5.74, 6) is 0.962. The number of halogens is 2. The van der Waals surface area contributed by atoms with E-state index >= 15 is 0 Å². The van der Waals surface area contributed by atoms with Crippen LogP contribution in [-0.4, -0.2) is 47.2 Å². The number of carbonyl (C=O) groups is 1. The number of aromatic nitrogens is 2. The zero-order valence-electron chi connectivity index (χ0n) is 15.8. The minimum Gasteiger partial charge on any atom is -0.352 e. The van der Waals surface area contributed by atoms with Gasteiger partial charge in [0.05, 0.1) is 12.1 Å². The van der Waals surface area contributed by atoms with Crippen molar-refractivity contribution in [3.05, 3.63) is 76.3 Å². The molecule has 1 aliphatic heterocycles. The highest BCUT2D eigenvalue weighted by molar-refractivity contribution is 6.30. The molecule has 0 aliphatic carbocycles. The van der Waals surface area contributed by atoms with E-state index in [1.54, 1.807) is 0 Å². The zero-order chi connectivity index (χ0) is 20.2. The van der Waals surface area contributed by atoms with Crippen molar-refractivity contribution in [3.63, 3.8) is 0 Å². The van der Waals surface area contributed by atoms with Gasteiger partial charge in [-0.05, 0) is 42.0 Å². The quantitative estimate of drug-likeness (QED) is 0.622. The molecule has 148 valence electrons. The van der Waals surface area contributed by atoms with Crippen LogP contribution in [0.3, 0.4) is 0 Å². The SMILES string of the molecule is O=C(Cc1ccc(Cl)cc1)N1CCN(c2ccc(-c3ccc(Cl)cc3)nn2)CC1. The van der Waals surface area contributed by atoms with Crippen LogP contribution in [0.1, 0.15) is 5.56 Å². The van der Waals surface area contributed by atoms with Crippen LogP contribution in [0.2, 0.25) is 10.0 Å². The Balaban J connectivity index is 1.33. The Morgan fingerprint density at radius 1 is 0.793 bits per heavy atom. The Morgan fingerprint density at radius 3 is 2.00 bits per heavy atom. The molecule has 0 saturated carbocycles. The molecule has 29 heavy (non-hydrogen) atoms. The van der Waals surface area contributed by atoms with Crippen LogP contribution < -0.4 is 4.90 Å². The normalized spacial score (nSPS) is 14.1. The highest BCUT2D eigenvalue weighted by Gasteiger charge is 2.22. The minimum atomic E-state index is 0.135. The van der Waals surface area contributed by atoms with E-state index in [0.717, 1.165) is 35.7 Å². The molecule has 0 atom stereocenters. The summed E-state index contributed by atoms with van der Waals surface area (Å²) in [5.41, 5.74) is 2.76. The van der Waals surface area contributed by atoms with Crippen LogP contribution in [0.4, 0.5) is 5.82 Å². The summed E-state index contributed by atoms with van der Waals surface area (Å²) < 4.78 is 0. The Morgan fingerprint density at radius 2 is 1.41 bits per heavy atom. The Labute approximate surface area is 179 Å². The number of benzene rings is 2. The van der Waals surface area contributed by atoms with Crippen LogP contribution in [-0.2, 0) is 11.2 Å². The van der Waals surface area contributed by atoms with Crippen molar-refractivity contribution >= 4 is 34.9 Å². The molecular formula is C22H20Cl2N4O. The second-order valence-electron chi connectivity index (χ2n) is 6.95. The first kappa shape index (κ1) is 19.7. The van der Waals surface area contributed by atoms with Gasteiger partial charge in [-0.2, -0.15) is 0 Å². The molecule has 2 aromatic carbocycles. The summed E-state index contributed by atoms with van der Waals surface area (Å²) in [6.07, 6.45) is 0.396.